The number of aromatic nitrogens is 4. The molecule has 1 aromatic carbocycles. The van der Waals surface area contributed by atoms with Gasteiger partial charge in [0.2, 0.25) is 5.95 Å². The predicted molar refractivity (Wildman–Crippen MR) is 96.5 cm³/mol. The molecule has 3 aromatic rings. The fourth-order valence-electron chi connectivity index (χ4n) is 3.44. The predicted octanol–water partition coefficient (Wildman–Crippen LogP) is 3.38. The molecule has 0 amide bonds. The smallest absolute Gasteiger partial charge is 0.223 e. The first-order valence-corrected chi connectivity index (χ1v) is 8.50. The number of hydrogen-bond donors (Lipinski definition) is 1. The maximum Gasteiger partial charge on any atom is 0.223 e. The topological polar surface area (TPSA) is 64.9 Å². The van der Waals surface area contributed by atoms with Crippen LogP contribution < -0.4 is 10.1 Å². The van der Waals surface area contributed by atoms with Crippen LogP contribution in [0.1, 0.15) is 30.0 Å². The van der Waals surface area contributed by atoms with Crippen molar-refractivity contribution in [1.82, 2.24) is 19.7 Å². The minimum atomic E-state index is 0.234. The van der Waals surface area contributed by atoms with Gasteiger partial charge in [0.25, 0.3) is 0 Å². The average molecular weight is 335 g/mol. The number of rotatable bonds is 4. The van der Waals surface area contributed by atoms with E-state index in [1.54, 1.807) is 24.2 Å². The Bertz CT molecular complexity index is 889. The van der Waals surface area contributed by atoms with Crippen molar-refractivity contribution in [2.24, 2.45) is 7.05 Å². The molecule has 6 heteroatoms. The van der Waals surface area contributed by atoms with E-state index >= 15 is 0 Å². The van der Waals surface area contributed by atoms with Gasteiger partial charge in [0, 0.05) is 13.2 Å². The summed E-state index contributed by atoms with van der Waals surface area (Å²) in [5.74, 6) is 1.25. The van der Waals surface area contributed by atoms with Gasteiger partial charge in [-0.1, -0.05) is 24.3 Å². The third-order valence-corrected chi connectivity index (χ3v) is 4.71. The average Bonchev–Trinajstić information content (AvgIpc) is 3.08. The molecular weight excluding hydrogens is 314 g/mol. The third kappa shape index (κ3) is 2.95. The van der Waals surface area contributed by atoms with Crippen LogP contribution in [0.25, 0.3) is 11.4 Å². The van der Waals surface area contributed by atoms with Gasteiger partial charge in [-0.2, -0.15) is 5.10 Å². The molecule has 1 N–H and O–H groups in total. The van der Waals surface area contributed by atoms with Gasteiger partial charge in [-0.05, 0) is 36.5 Å². The number of anilines is 1. The van der Waals surface area contributed by atoms with E-state index in [0.29, 0.717) is 11.7 Å². The van der Waals surface area contributed by atoms with Crippen LogP contribution >= 0.6 is 0 Å². The molecule has 4 rings (SSSR count). The molecule has 0 saturated carbocycles. The van der Waals surface area contributed by atoms with Gasteiger partial charge in [0.15, 0.2) is 5.75 Å². The number of hydrogen-bond acceptors (Lipinski definition) is 5. The van der Waals surface area contributed by atoms with E-state index in [2.05, 4.69) is 39.7 Å². The van der Waals surface area contributed by atoms with E-state index in [-0.39, 0.29) is 6.04 Å². The highest BCUT2D eigenvalue weighted by Crippen LogP contribution is 2.33. The zero-order valence-corrected chi connectivity index (χ0v) is 14.4. The first-order chi connectivity index (χ1) is 12.3. The van der Waals surface area contributed by atoms with Crippen molar-refractivity contribution in [3.63, 3.8) is 0 Å². The lowest BCUT2D eigenvalue weighted by molar-refractivity contribution is 0.412. The minimum absolute atomic E-state index is 0.234. The summed E-state index contributed by atoms with van der Waals surface area (Å²) >= 11 is 0. The first-order valence-electron chi connectivity index (χ1n) is 8.50. The van der Waals surface area contributed by atoms with E-state index < -0.39 is 0 Å². The zero-order valence-electron chi connectivity index (χ0n) is 14.4. The standard InChI is InChI=1S/C19H21N5O/c1-24-16(10-11-21-24)18-17(25-2)12-20-19(23-18)22-15-9-5-7-13-6-3-4-8-14(13)15/h3-4,6,8,10-12,15H,5,7,9H2,1-2H3,(H,20,22,23). The highest BCUT2D eigenvalue weighted by molar-refractivity contribution is 5.63. The summed E-state index contributed by atoms with van der Waals surface area (Å²) in [5.41, 5.74) is 4.39. The lowest BCUT2D eigenvalue weighted by atomic mass is 9.88. The van der Waals surface area contributed by atoms with Crippen LogP contribution in [0.3, 0.4) is 0 Å². The third-order valence-electron chi connectivity index (χ3n) is 4.71. The van der Waals surface area contributed by atoms with Crippen LogP contribution in [0.4, 0.5) is 5.95 Å². The Hall–Kier alpha value is -2.89. The molecule has 0 aliphatic heterocycles. The Morgan fingerprint density at radius 3 is 2.92 bits per heavy atom. The summed E-state index contributed by atoms with van der Waals surface area (Å²) in [6, 6.07) is 10.7. The molecule has 0 spiro atoms. The Morgan fingerprint density at radius 1 is 1.24 bits per heavy atom. The second-order valence-corrected chi connectivity index (χ2v) is 6.24. The normalized spacial score (nSPS) is 16.3. The second kappa shape index (κ2) is 6.55. The van der Waals surface area contributed by atoms with Crippen molar-refractivity contribution in [3.8, 4) is 17.1 Å². The van der Waals surface area contributed by atoms with Crippen LogP contribution in [0.15, 0.2) is 42.7 Å². The maximum absolute atomic E-state index is 5.43. The van der Waals surface area contributed by atoms with E-state index in [0.717, 1.165) is 24.2 Å². The van der Waals surface area contributed by atoms with Crippen molar-refractivity contribution in [1.29, 1.82) is 0 Å². The fourth-order valence-corrected chi connectivity index (χ4v) is 3.44. The summed E-state index contributed by atoms with van der Waals surface area (Å²) in [6.45, 7) is 0. The highest BCUT2D eigenvalue weighted by atomic mass is 16.5. The Kier molecular flexibility index (Phi) is 4.09. The highest BCUT2D eigenvalue weighted by Gasteiger charge is 2.21. The summed E-state index contributed by atoms with van der Waals surface area (Å²) in [4.78, 5) is 9.15. The van der Waals surface area contributed by atoms with Gasteiger partial charge in [0.05, 0.1) is 25.0 Å². The molecule has 2 aromatic heterocycles. The molecule has 0 fully saturated rings. The van der Waals surface area contributed by atoms with Crippen LogP contribution in [0, 0.1) is 0 Å². The van der Waals surface area contributed by atoms with Crippen molar-refractivity contribution >= 4 is 5.95 Å². The van der Waals surface area contributed by atoms with Gasteiger partial charge in [-0.25, -0.2) is 9.97 Å². The summed E-state index contributed by atoms with van der Waals surface area (Å²) in [7, 11) is 3.52. The number of nitrogens with zero attached hydrogens (tertiary/aromatic N) is 4. The molecule has 1 aliphatic rings. The van der Waals surface area contributed by atoms with Crippen molar-refractivity contribution in [2.75, 3.05) is 12.4 Å². The van der Waals surface area contributed by atoms with E-state index in [1.807, 2.05) is 13.1 Å². The molecule has 128 valence electrons. The number of benzene rings is 1. The van der Waals surface area contributed by atoms with Crippen LogP contribution in [0.5, 0.6) is 5.75 Å². The van der Waals surface area contributed by atoms with E-state index in [9.17, 15) is 0 Å². The SMILES string of the molecule is COc1cnc(NC2CCCc3ccccc32)nc1-c1ccnn1C. The van der Waals surface area contributed by atoms with Gasteiger partial charge in [0.1, 0.15) is 5.69 Å². The molecule has 2 heterocycles. The number of fused-ring (bicyclic) bond motifs is 1. The lowest BCUT2D eigenvalue weighted by Gasteiger charge is -2.26. The van der Waals surface area contributed by atoms with Crippen molar-refractivity contribution in [2.45, 2.75) is 25.3 Å². The molecule has 0 saturated heterocycles. The monoisotopic (exact) mass is 335 g/mol. The Labute approximate surface area is 146 Å². The fraction of sp³-hybridized carbons (Fsp3) is 0.316. The number of methoxy groups -OCH3 is 1. The number of aryl methyl sites for hydroxylation is 2. The van der Waals surface area contributed by atoms with Gasteiger partial charge in [-0.15, -0.1) is 0 Å². The quantitative estimate of drug-likeness (QED) is 0.792. The summed E-state index contributed by atoms with van der Waals surface area (Å²) in [5, 5.41) is 7.73. The molecule has 0 radical (unpaired) electrons. The van der Waals surface area contributed by atoms with E-state index in [1.165, 1.54) is 17.5 Å². The van der Waals surface area contributed by atoms with Crippen molar-refractivity contribution in [3.05, 3.63) is 53.9 Å². The number of nitrogens with one attached hydrogen (secondary N) is 1. The van der Waals surface area contributed by atoms with Gasteiger partial charge < -0.3 is 10.1 Å². The molecule has 1 atom stereocenters. The van der Waals surface area contributed by atoms with Crippen molar-refractivity contribution < 1.29 is 4.74 Å². The van der Waals surface area contributed by atoms with Gasteiger partial charge >= 0.3 is 0 Å². The van der Waals surface area contributed by atoms with Crippen LogP contribution in [-0.4, -0.2) is 26.9 Å². The first kappa shape index (κ1) is 15.6. The molecular formula is C19H21N5O. The Balaban J connectivity index is 1.68. The zero-order chi connectivity index (χ0) is 17.2. The minimum Gasteiger partial charge on any atom is -0.493 e. The molecule has 0 bridgehead atoms. The second-order valence-electron chi connectivity index (χ2n) is 6.24. The Morgan fingerprint density at radius 2 is 2.12 bits per heavy atom. The summed E-state index contributed by atoms with van der Waals surface area (Å²) in [6.07, 6.45) is 6.85. The van der Waals surface area contributed by atoms with E-state index in [4.69, 9.17) is 9.72 Å². The number of ether oxygens (including phenoxy) is 1. The molecule has 1 aliphatic carbocycles. The van der Waals surface area contributed by atoms with Gasteiger partial charge in [-0.3, -0.25) is 4.68 Å². The maximum atomic E-state index is 5.43. The largest absolute Gasteiger partial charge is 0.493 e. The molecule has 25 heavy (non-hydrogen) atoms. The van der Waals surface area contributed by atoms with Crippen LogP contribution in [0.2, 0.25) is 0 Å². The summed E-state index contributed by atoms with van der Waals surface area (Å²) < 4.78 is 7.21. The molecule has 1 unspecified atom stereocenters. The molecule has 6 nitrogen and oxygen atoms in total. The van der Waals surface area contributed by atoms with Crippen LogP contribution in [-0.2, 0) is 13.5 Å². The lowest BCUT2D eigenvalue weighted by Crippen LogP contribution is -2.18.